The summed E-state index contributed by atoms with van der Waals surface area (Å²) in [4.78, 5) is 24.1. The van der Waals surface area contributed by atoms with E-state index in [0.29, 0.717) is 12.5 Å². The minimum Gasteiger partial charge on any atom is -0.347 e. The van der Waals surface area contributed by atoms with Gasteiger partial charge >= 0.3 is 0 Å². The molecule has 1 fully saturated rings. The lowest BCUT2D eigenvalue weighted by Crippen LogP contribution is -2.46. The van der Waals surface area contributed by atoms with Crippen molar-refractivity contribution in [2.45, 2.75) is 19.8 Å². The number of hydrogen-bond acceptors (Lipinski definition) is 3. The molecule has 0 unspecified atom stereocenters. The molecule has 1 atom stereocenters. The summed E-state index contributed by atoms with van der Waals surface area (Å²) in [5, 5.41) is 2.51. The molecule has 1 aliphatic heterocycles. The molecule has 0 bridgehead atoms. The fourth-order valence-corrected chi connectivity index (χ4v) is 1.80. The van der Waals surface area contributed by atoms with Gasteiger partial charge in [0.2, 0.25) is 11.8 Å². The van der Waals surface area contributed by atoms with Crippen LogP contribution in [-0.4, -0.2) is 42.9 Å². The molecule has 2 amide bonds. The van der Waals surface area contributed by atoms with Gasteiger partial charge in [0.05, 0.1) is 6.54 Å². The zero-order chi connectivity index (χ0) is 11.3. The Labute approximate surface area is 90.0 Å². The number of rotatable bonds is 3. The van der Waals surface area contributed by atoms with Crippen LogP contribution in [0.2, 0.25) is 0 Å². The lowest BCUT2D eigenvalue weighted by molar-refractivity contribution is -0.133. The van der Waals surface area contributed by atoms with Crippen molar-refractivity contribution in [1.82, 2.24) is 10.2 Å². The molecular formula is C10H19N3O2. The lowest BCUT2D eigenvalue weighted by Gasteiger charge is -2.32. The van der Waals surface area contributed by atoms with E-state index in [4.69, 9.17) is 5.73 Å². The number of nitrogens with zero attached hydrogens (tertiary/aromatic N) is 1. The molecular weight excluding hydrogens is 194 g/mol. The van der Waals surface area contributed by atoms with Gasteiger partial charge in [-0.1, -0.05) is 0 Å². The van der Waals surface area contributed by atoms with Crippen molar-refractivity contribution >= 4 is 11.8 Å². The van der Waals surface area contributed by atoms with Gasteiger partial charge in [-0.2, -0.15) is 0 Å². The standard InChI is InChI=1S/C10H19N3O2/c1-8(14)12-6-10(15)13-4-2-3-9(5-11)7-13/h9H,2-7,11H2,1H3,(H,12,14)/t9-/m0/s1. The summed E-state index contributed by atoms with van der Waals surface area (Å²) in [5.41, 5.74) is 5.58. The number of nitrogens with two attached hydrogens (primary N) is 1. The van der Waals surface area contributed by atoms with Crippen LogP contribution in [0.25, 0.3) is 0 Å². The second-order valence-corrected chi connectivity index (χ2v) is 3.99. The van der Waals surface area contributed by atoms with Crippen LogP contribution in [0.15, 0.2) is 0 Å². The second kappa shape index (κ2) is 5.70. The SMILES string of the molecule is CC(=O)NCC(=O)N1CCC[C@@H](CN)C1. The van der Waals surface area contributed by atoms with E-state index < -0.39 is 0 Å². The van der Waals surface area contributed by atoms with E-state index >= 15 is 0 Å². The Bertz CT molecular complexity index is 243. The third-order valence-corrected chi connectivity index (χ3v) is 2.69. The van der Waals surface area contributed by atoms with Crippen molar-refractivity contribution in [1.29, 1.82) is 0 Å². The molecule has 0 radical (unpaired) electrons. The second-order valence-electron chi connectivity index (χ2n) is 3.99. The monoisotopic (exact) mass is 213 g/mol. The van der Waals surface area contributed by atoms with E-state index in [1.807, 2.05) is 0 Å². The van der Waals surface area contributed by atoms with Crippen molar-refractivity contribution < 1.29 is 9.59 Å². The molecule has 0 aromatic heterocycles. The van der Waals surface area contributed by atoms with Gasteiger partial charge < -0.3 is 16.0 Å². The molecule has 1 saturated heterocycles. The van der Waals surface area contributed by atoms with Gasteiger partial charge in [0.15, 0.2) is 0 Å². The molecule has 0 aliphatic carbocycles. The highest BCUT2D eigenvalue weighted by Gasteiger charge is 2.22. The van der Waals surface area contributed by atoms with E-state index in [1.54, 1.807) is 4.90 Å². The summed E-state index contributed by atoms with van der Waals surface area (Å²) in [6, 6.07) is 0. The van der Waals surface area contributed by atoms with Gasteiger partial charge in [-0.15, -0.1) is 0 Å². The lowest BCUT2D eigenvalue weighted by atomic mass is 9.98. The first-order valence-electron chi connectivity index (χ1n) is 5.35. The Morgan fingerprint density at radius 2 is 2.27 bits per heavy atom. The van der Waals surface area contributed by atoms with Crippen molar-refractivity contribution in [3.63, 3.8) is 0 Å². The maximum Gasteiger partial charge on any atom is 0.241 e. The molecule has 0 aromatic rings. The highest BCUT2D eigenvalue weighted by Crippen LogP contribution is 2.14. The highest BCUT2D eigenvalue weighted by molar-refractivity contribution is 5.83. The first-order valence-corrected chi connectivity index (χ1v) is 5.35. The first kappa shape index (κ1) is 12.0. The average molecular weight is 213 g/mol. The quantitative estimate of drug-likeness (QED) is 0.652. The van der Waals surface area contributed by atoms with Crippen molar-refractivity contribution in [2.75, 3.05) is 26.2 Å². The number of nitrogens with one attached hydrogen (secondary N) is 1. The number of carbonyl (C=O) groups excluding carboxylic acids is 2. The predicted octanol–water partition coefficient (Wildman–Crippen LogP) is -0.680. The van der Waals surface area contributed by atoms with E-state index in [-0.39, 0.29) is 18.4 Å². The van der Waals surface area contributed by atoms with Crippen LogP contribution in [-0.2, 0) is 9.59 Å². The molecule has 0 aromatic carbocycles. The Morgan fingerprint density at radius 3 is 2.87 bits per heavy atom. The Balaban J connectivity index is 2.35. The smallest absolute Gasteiger partial charge is 0.241 e. The zero-order valence-electron chi connectivity index (χ0n) is 9.16. The van der Waals surface area contributed by atoms with E-state index in [2.05, 4.69) is 5.32 Å². The third kappa shape index (κ3) is 3.87. The predicted molar refractivity (Wildman–Crippen MR) is 57.0 cm³/mol. The normalized spacial score (nSPS) is 21.2. The molecule has 1 heterocycles. The van der Waals surface area contributed by atoms with Gasteiger partial charge in [0.1, 0.15) is 0 Å². The maximum absolute atomic E-state index is 11.6. The van der Waals surface area contributed by atoms with Crippen LogP contribution in [0, 0.1) is 5.92 Å². The largest absolute Gasteiger partial charge is 0.347 e. The van der Waals surface area contributed by atoms with E-state index in [0.717, 1.165) is 25.9 Å². The molecule has 86 valence electrons. The third-order valence-electron chi connectivity index (χ3n) is 2.69. The van der Waals surface area contributed by atoms with Gasteiger partial charge in [0, 0.05) is 20.0 Å². The Morgan fingerprint density at radius 1 is 1.53 bits per heavy atom. The fraction of sp³-hybridized carbons (Fsp3) is 0.800. The number of piperidine rings is 1. The molecule has 5 nitrogen and oxygen atoms in total. The van der Waals surface area contributed by atoms with Crippen LogP contribution in [0.1, 0.15) is 19.8 Å². The molecule has 3 N–H and O–H groups in total. The number of carbonyl (C=O) groups is 2. The summed E-state index contributed by atoms with van der Waals surface area (Å²) < 4.78 is 0. The van der Waals surface area contributed by atoms with Gasteiger partial charge in [-0.25, -0.2) is 0 Å². The summed E-state index contributed by atoms with van der Waals surface area (Å²) in [7, 11) is 0. The Kier molecular flexibility index (Phi) is 4.55. The molecule has 5 heteroatoms. The number of amides is 2. The van der Waals surface area contributed by atoms with E-state index in [9.17, 15) is 9.59 Å². The number of hydrogen-bond donors (Lipinski definition) is 2. The average Bonchev–Trinajstić information content (AvgIpc) is 2.26. The van der Waals surface area contributed by atoms with Crippen LogP contribution in [0.4, 0.5) is 0 Å². The summed E-state index contributed by atoms with van der Waals surface area (Å²) in [6.07, 6.45) is 2.11. The van der Waals surface area contributed by atoms with Gasteiger partial charge in [-0.3, -0.25) is 9.59 Å². The van der Waals surface area contributed by atoms with Crippen LogP contribution in [0.5, 0.6) is 0 Å². The summed E-state index contributed by atoms with van der Waals surface area (Å²) in [5.74, 6) is 0.235. The minimum atomic E-state index is -0.171. The highest BCUT2D eigenvalue weighted by atomic mass is 16.2. The summed E-state index contributed by atoms with van der Waals surface area (Å²) >= 11 is 0. The molecule has 15 heavy (non-hydrogen) atoms. The molecule has 0 saturated carbocycles. The fourth-order valence-electron chi connectivity index (χ4n) is 1.80. The Hall–Kier alpha value is -1.10. The molecule has 0 spiro atoms. The van der Waals surface area contributed by atoms with Crippen molar-refractivity contribution in [3.8, 4) is 0 Å². The summed E-state index contributed by atoms with van der Waals surface area (Å²) in [6.45, 7) is 3.66. The van der Waals surface area contributed by atoms with E-state index in [1.165, 1.54) is 6.92 Å². The van der Waals surface area contributed by atoms with Gasteiger partial charge in [0.25, 0.3) is 0 Å². The van der Waals surface area contributed by atoms with Crippen LogP contribution < -0.4 is 11.1 Å². The number of likely N-dealkylation sites (tertiary alicyclic amines) is 1. The van der Waals surface area contributed by atoms with Crippen molar-refractivity contribution in [3.05, 3.63) is 0 Å². The zero-order valence-corrected chi connectivity index (χ0v) is 9.16. The van der Waals surface area contributed by atoms with Gasteiger partial charge in [-0.05, 0) is 25.3 Å². The minimum absolute atomic E-state index is 0.0108. The topological polar surface area (TPSA) is 75.4 Å². The maximum atomic E-state index is 11.6. The molecule has 1 rings (SSSR count). The van der Waals surface area contributed by atoms with Crippen LogP contribution >= 0.6 is 0 Å². The van der Waals surface area contributed by atoms with Crippen LogP contribution in [0.3, 0.4) is 0 Å². The molecule has 1 aliphatic rings. The van der Waals surface area contributed by atoms with Crippen molar-refractivity contribution in [2.24, 2.45) is 11.7 Å². The first-order chi connectivity index (χ1) is 7.13.